The van der Waals surface area contributed by atoms with E-state index in [4.69, 9.17) is 9.47 Å². The number of nitrogens with zero attached hydrogens (tertiary/aromatic N) is 2. The van der Waals surface area contributed by atoms with Gasteiger partial charge in [0.05, 0.1) is 24.6 Å². The van der Waals surface area contributed by atoms with Gasteiger partial charge in [-0.15, -0.1) is 0 Å². The lowest BCUT2D eigenvalue weighted by molar-refractivity contribution is 0.304. The van der Waals surface area contributed by atoms with Crippen molar-refractivity contribution in [2.75, 3.05) is 13.2 Å². The van der Waals surface area contributed by atoms with E-state index in [1.165, 1.54) is 64.2 Å². The van der Waals surface area contributed by atoms with Crippen molar-refractivity contribution in [2.24, 2.45) is 10.2 Å². The Bertz CT molecular complexity index is 663. The maximum Gasteiger partial charge on any atom is 0.119 e. The van der Waals surface area contributed by atoms with Crippen LogP contribution in [-0.2, 0) is 0 Å². The molecule has 0 atom stereocenters. The summed E-state index contributed by atoms with van der Waals surface area (Å²) in [5.41, 5.74) is 1.64. The molecule has 176 valence electrons. The molecule has 0 aliphatic carbocycles. The summed E-state index contributed by atoms with van der Waals surface area (Å²) in [6, 6.07) is 15.6. The Labute approximate surface area is 195 Å². The van der Waals surface area contributed by atoms with Crippen molar-refractivity contribution in [3.63, 3.8) is 0 Å². The summed E-state index contributed by atoms with van der Waals surface area (Å²) < 4.78 is 11.6. The zero-order valence-electron chi connectivity index (χ0n) is 20.2. The fourth-order valence-electron chi connectivity index (χ4n) is 3.48. The molecule has 0 aromatic heterocycles. The molecule has 2 aromatic carbocycles. The average molecular weight is 439 g/mol. The van der Waals surface area contributed by atoms with Crippen LogP contribution in [0.1, 0.15) is 90.9 Å². The van der Waals surface area contributed by atoms with Gasteiger partial charge in [-0.05, 0) is 61.4 Å². The van der Waals surface area contributed by atoms with Crippen LogP contribution in [0, 0.1) is 0 Å². The Kier molecular flexibility index (Phi) is 13.9. The minimum absolute atomic E-state index is 0.778. The molecule has 4 heteroatoms. The Balaban J connectivity index is 1.64. The molecule has 4 nitrogen and oxygen atoms in total. The summed E-state index contributed by atoms with van der Waals surface area (Å²) in [5.74, 6) is 1.79. The van der Waals surface area contributed by atoms with Gasteiger partial charge in [0, 0.05) is 0 Å². The van der Waals surface area contributed by atoms with Crippen LogP contribution in [0.5, 0.6) is 11.5 Å². The molecule has 0 heterocycles. The highest BCUT2D eigenvalue weighted by atomic mass is 16.5. The molecule has 0 amide bonds. The van der Waals surface area contributed by atoms with E-state index in [0.29, 0.717) is 0 Å². The Morgan fingerprint density at radius 3 is 1.19 bits per heavy atom. The number of rotatable bonds is 18. The molecule has 0 radical (unpaired) electrons. The lowest BCUT2D eigenvalue weighted by atomic mass is 10.1. The maximum absolute atomic E-state index is 5.82. The molecule has 0 aliphatic rings. The summed E-state index contributed by atoms with van der Waals surface area (Å²) >= 11 is 0. The van der Waals surface area contributed by atoms with Crippen LogP contribution in [0.15, 0.2) is 58.8 Å². The zero-order chi connectivity index (χ0) is 22.7. The first-order valence-electron chi connectivity index (χ1n) is 12.7. The molecule has 0 spiro atoms. The quantitative estimate of drug-likeness (QED) is 0.172. The highest BCUT2D eigenvalue weighted by Crippen LogP contribution is 2.23. The van der Waals surface area contributed by atoms with E-state index in [9.17, 15) is 0 Å². The van der Waals surface area contributed by atoms with Crippen LogP contribution in [-0.4, -0.2) is 13.2 Å². The largest absolute Gasteiger partial charge is 0.494 e. The van der Waals surface area contributed by atoms with E-state index in [1.54, 1.807) is 0 Å². The van der Waals surface area contributed by atoms with Gasteiger partial charge in [-0.3, -0.25) is 0 Å². The Morgan fingerprint density at radius 2 is 0.812 bits per heavy atom. The van der Waals surface area contributed by atoms with Crippen molar-refractivity contribution in [3.8, 4) is 11.5 Å². The van der Waals surface area contributed by atoms with Crippen molar-refractivity contribution in [3.05, 3.63) is 48.5 Å². The predicted molar refractivity (Wildman–Crippen MR) is 135 cm³/mol. The topological polar surface area (TPSA) is 43.2 Å². The number of azo groups is 1. The first-order valence-corrected chi connectivity index (χ1v) is 12.7. The van der Waals surface area contributed by atoms with Crippen LogP contribution >= 0.6 is 0 Å². The average Bonchev–Trinajstić information content (AvgIpc) is 2.83. The van der Waals surface area contributed by atoms with E-state index in [-0.39, 0.29) is 0 Å². The molecule has 0 unspecified atom stereocenters. The van der Waals surface area contributed by atoms with Crippen LogP contribution < -0.4 is 9.47 Å². The monoisotopic (exact) mass is 438 g/mol. The minimum Gasteiger partial charge on any atom is -0.494 e. The Hall–Kier alpha value is -2.36. The van der Waals surface area contributed by atoms with Gasteiger partial charge in [-0.2, -0.15) is 10.2 Å². The van der Waals surface area contributed by atoms with E-state index in [1.807, 2.05) is 48.5 Å². The van der Waals surface area contributed by atoms with Gasteiger partial charge in [0.25, 0.3) is 0 Å². The van der Waals surface area contributed by atoms with E-state index in [2.05, 4.69) is 24.1 Å². The summed E-state index contributed by atoms with van der Waals surface area (Å²) in [4.78, 5) is 0. The molecule has 32 heavy (non-hydrogen) atoms. The molecule has 0 bridgehead atoms. The molecule has 0 saturated carbocycles. The fourth-order valence-corrected chi connectivity index (χ4v) is 3.48. The smallest absolute Gasteiger partial charge is 0.119 e. The summed E-state index contributed by atoms with van der Waals surface area (Å²) in [6.07, 6.45) is 15.3. The van der Waals surface area contributed by atoms with Crippen LogP contribution in [0.3, 0.4) is 0 Å². The standard InChI is InChI=1S/C28H42N2O2/c1-3-5-7-9-11-13-23-31-27-19-15-25(16-20-27)29-30-26-17-21-28(22-18-26)32-24-14-12-10-8-6-4-2/h15-22H,3-14,23-24H2,1-2H3. The van der Waals surface area contributed by atoms with Crippen molar-refractivity contribution < 1.29 is 9.47 Å². The van der Waals surface area contributed by atoms with Crippen molar-refractivity contribution in [1.29, 1.82) is 0 Å². The molecular weight excluding hydrogens is 396 g/mol. The van der Waals surface area contributed by atoms with E-state index >= 15 is 0 Å². The summed E-state index contributed by atoms with van der Waals surface area (Å²) in [6.45, 7) is 6.05. The highest BCUT2D eigenvalue weighted by molar-refractivity contribution is 5.44. The molecule has 0 aliphatic heterocycles. The predicted octanol–water partition coefficient (Wildman–Crippen LogP) is 9.58. The van der Waals surface area contributed by atoms with Crippen LogP contribution in [0.4, 0.5) is 11.4 Å². The second-order valence-electron chi connectivity index (χ2n) is 8.42. The van der Waals surface area contributed by atoms with Gasteiger partial charge in [0.2, 0.25) is 0 Å². The summed E-state index contributed by atoms with van der Waals surface area (Å²) in [5, 5.41) is 8.65. The maximum atomic E-state index is 5.82. The molecule has 2 aromatic rings. The van der Waals surface area contributed by atoms with Crippen LogP contribution in [0.25, 0.3) is 0 Å². The molecule has 0 N–H and O–H groups in total. The fraction of sp³-hybridized carbons (Fsp3) is 0.571. The van der Waals surface area contributed by atoms with Gasteiger partial charge in [0.1, 0.15) is 11.5 Å². The number of hydrogen-bond acceptors (Lipinski definition) is 4. The number of ether oxygens (including phenoxy) is 2. The Morgan fingerprint density at radius 1 is 0.469 bits per heavy atom. The minimum atomic E-state index is 0.778. The third kappa shape index (κ3) is 11.9. The van der Waals surface area contributed by atoms with Crippen molar-refractivity contribution >= 4 is 11.4 Å². The number of hydrogen-bond donors (Lipinski definition) is 0. The van der Waals surface area contributed by atoms with Gasteiger partial charge >= 0.3 is 0 Å². The van der Waals surface area contributed by atoms with Crippen molar-refractivity contribution in [1.82, 2.24) is 0 Å². The lowest BCUT2D eigenvalue weighted by Crippen LogP contribution is -1.96. The van der Waals surface area contributed by atoms with Gasteiger partial charge < -0.3 is 9.47 Å². The number of unbranched alkanes of at least 4 members (excludes halogenated alkanes) is 10. The van der Waals surface area contributed by atoms with Crippen LogP contribution in [0.2, 0.25) is 0 Å². The summed E-state index contributed by atoms with van der Waals surface area (Å²) in [7, 11) is 0. The zero-order valence-corrected chi connectivity index (χ0v) is 20.2. The number of benzene rings is 2. The SMILES string of the molecule is CCCCCCCCOc1ccc(N=Nc2ccc(OCCCCCCCC)cc2)cc1. The molecule has 0 fully saturated rings. The first-order chi connectivity index (χ1) is 15.8. The molecular formula is C28H42N2O2. The molecule has 2 rings (SSSR count). The van der Waals surface area contributed by atoms with E-state index in [0.717, 1.165) is 48.9 Å². The highest BCUT2D eigenvalue weighted by Gasteiger charge is 1.98. The second-order valence-corrected chi connectivity index (χ2v) is 8.42. The van der Waals surface area contributed by atoms with Crippen molar-refractivity contribution in [2.45, 2.75) is 90.9 Å². The van der Waals surface area contributed by atoms with Gasteiger partial charge in [-0.1, -0.05) is 78.1 Å². The third-order valence-electron chi connectivity index (χ3n) is 5.49. The molecule has 0 saturated heterocycles. The normalized spacial score (nSPS) is 11.2. The lowest BCUT2D eigenvalue weighted by Gasteiger charge is -2.06. The van der Waals surface area contributed by atoms with Gasteiger partial charge in [-0.25, -0.2) is 0 Å². The first kappa shape index (κ1) is 25.9. The van der Waals surface area contributed by atoms with E-state index < -0.39 is 0 Å². The third-order valence-corrected chi connectivity index (χ3v) is 5.49. The van der Waals surface area contributed by atoms with Gasteiger partial charge in [0.15, 0.2) is 0 Å². The second kappa shape index (κ2) is 17.2.